The molecule has 80 valence electrons. The molecule has 3 nitrogen and oxygen atoms in total. The van der Waals surface area contributed by atoms with E-state index in [9.17, 15) is 14.4 Å². The van der Waals surface area contributed by atoms with Crippen LogP contribution < -0.4 is 0 Å². The van der Waals surface area contributed by atoms with E-state index in [1.165, 1.54) is 19.3 Å². The average molecular weight is 216 g/mol. The molecule has 3 fully saturated rings. The van der Waals surface area contributed by atoms with Gasteiger partial charge in [-0.15, -0.1) is 0 Å². The molecule has 5 atom stereocenters. The van der Waals surface area contributed by atoms with Gasteiger partial charge >= 0.3 is 7.60 Å². The topological polar surface area (TPSA) is 57.5 Å². The molecule has 5 unspecified atom stereocenters. The predicted molar refractivity (Wildman–Crippen MR) is 52.9 cm³/mol. The molecule has 3 saturated carbocycles. The van der Waals surface area contributed by atoms with Crippen LogP contribution >= 0.6 is 7.60 Å². The summed E-state index contributed by atoms with van der Waals surface area (Å²) in [5, 5.41) is 0. The van der Waals surface area contributed by atoms with Crippen LogP contribution in [-0.2, 0) is 4.57 Å². The first kappa shape index (κ1) is 9.38. The zero-order chi connectivity index (χ0) is 9.92. The standard InChI is InChI=1S/C10H17O3P/c11-14(12,13)10-5-6-4-9(10)8-3-1-2-7(6)8/h6-10H,1-5H2,(H2,11,12,13). The third-order valence-corrected chi connectivity index (χ3v) is 6.28. The SMILES string of the molecule is O=P(O)(O)C1CC2CC1C1CCCC21. The van der Waals surface area contributed by atoms with Gasteiger partial charge in [-0.25, -0.2) is 0 Å². The molecule has 0 heterocycles. The minimum Gasteiger partial charge on any atom is -0.324 e. The number of fused-ring (bicyclic) bond motifs is 5. The van der Waals surface area contributed by atoms with Gasteiger partial charge in [0.15, 0.2) is 0 Å². The fourth-order valence-corrected chi connectivity index (χ4v) is 5.81. The van der Waals surface area contributed by atoms with Crippen molar-refractivity contribution >= 4 is 7.60 Å². The Kier molecular flexibility index (Phi) is 1.90. The third kappa shape index (κ3) is 1.16. The van der Waals surface area contributed by atoms with Crippen LogP contribution in [0.1, 0.15) is 32.1 Å². The zero-order valence-corrected chi connectivity index (χ0v) is 9.07. The Balaban J connectivity index is 1.87. The molecule has 0 aliphatic heterocycles. The minimum absolute atomic E-state index is 0.285. The van der Waals surface area contributed by atoms with E-state index < -0.39 is 7.60 Å². The highest BCUT2D eigenvalue weighted by molar-refractivity contribution is 7.52. The zero-order valence-electron chi connectivity index (χ0n) is 8.17. The van der Waals surface area contributed by atoms with Crippen LogP contribution in [0.3, 0.4) is 0 Å². The number of hydrogen-bond donors (Lipinski definition) is 2. The molecule has 0 saturated heterocycles. The van der Waals surface area contributed by atoms with E-state index in [1.807, 2.05) is 0 Å². The molecule has 2 N–H and O–H groups in total. The Morgan fingerprint density at radius 3 is 2.43 bits per heavy atom. The van der Waals surface area contributed by atoms with Crippen molar-refractivity contribution < 1.29 is 14.4 Å². The maximum atomic E-state index is 11.3. The minimum atomic E-state index is -3.80. The number of hydrogen-bond acceptors (Lipinski definition) is 1. The predicted octanol–water partition coefficient (Wildman–Crippen LogP) is 1.99. The summed E-state index contributed by atoms with van der Waals surface area (Å²) in [6.45, 7) is 0. The summed E-state index contributed by atoms with van der Waals surface area (Å²) in [6.07, 6.45) is 5.74. The van der Waals surface area contributed by atoms with Gasteiger partial charge in [0.2, 0.25) is 0 Å². The second-order valence-electron chi connectivity index (χ2n) is 5.31. The highest BCUT2D eigenvalue weighted by Gasteiger charge is 2.57. The van der Waals surface area contributed by atoms with Gasteiger partial charge in [0.25, 0.3) is 0 Å². The normalized spacial score (nSPS) is 51.1. The molecule has 0 aromatic carbocycles. The average Bonchev–Trinajstić information content (AvgIpc) is 2.74. The number of rotatable bonds is 1. The Morgan fingerprint density at radius 1 is 1.00 bits per heavy atom. The molecule has 0 aromatic heterocycles. The van der Waals surface area contributed by atoms with Crippen molar-refractivity contribution in [3.05, 3.63) is 0 Å². The molecule has 3 aliphatic carbocycles. The van der Waals surface area contributed by atoms with E-state index in [4.69, 9.17) is 0 Å². The van der Waals surface area contributed by atoms with Crippen molar-refractivity contribution in [1.29, 1.82) is 0 Å². The summed E-state index contributed by atoms with van der Waals surface area (Å²) in [4.78, 5) is 18.5. The van der Waals surface area contributed by atoms with Gasteiger partial charge in [0.1, 0.15) is 0 Å². The van der Waals surface area contributed by atoms with E-state index in [0.29, 0.717) is 17.8 Å². The van der Waals surface area contributed by atoms with Crippen molar-refractivity contribution in [3.63, 3.8) is 0 Å². The molecule has 2 bridgehead atoms. The lowest BCUT2D eigenvalue weighted by Gasteiger charge is -2.31. The van der Waals surface area contributed by atoms with Crippen LogP contribution in [0.15, 0.2) is 0 Å². The second kappa shape index (κ2) is 2.84. The summed E-state index contributed by atoms with van der Waals surface area (Å²) < 4.78 is 11.3. The Morgan fingerprint density at radius 2 is 1.71 bits per heavy atom. The van der Waals surface area contributed by atoms with Crippen molar-refractivity contribution in [2.45, 2.75) is 37.8 Å². The van der Waals surface area contributed by atoms with Gasteiger partial charge in [-0.05, 0) is 49.4 Å². The molecule has 0 radical (unpaired) electrons. The van der Waals surface area contributed by atoms with Gasteiger partial charge in [-0.3, -0.25) is 4.57 Å². The van der Waals surface area contributed by atoms with E-state index >= 15 is 0 Å². The summed E-state index contributed by atoms with van der Waals surface area (Å²) in [6, 6.07) is 0. The molecule has 14 heavy (non-hydrogen) atoms. The van der Waals surface area contributed by atoms with E-state index in [1.54, 1.807) is 0 Å². The lowest BCUT2D eigenvalue weighted by molar-refractivity contribution is 0.237. The van der Waals surface area contributed by atoms with Gasteiger partial charge < -0.3 is 9.79 Å². The van der Waals surface area contributed by atoms with Crippen LogP contribution in [0.2, 0.25) is 0 Å². The van der Waals surface area contributed by atoms with Gasteiger partial charge in [0, 0.05) is 0 Å². The highest BCUT2D eigenvalue weighted by Crippen LogP contribution is 2.66. The maximum absolute atomic E-state index is 11.3. The first-order valence-electron chi connectivity index (χ1n) is 5.62. The molecule has 0 spiro atoms. The van der Waals surface area contributed by atoms with Crippen LogP contribution in [-0.4, -0.2) is 15.4 Å². The molecule has 3 rings (SSSR count). The Hall–Kier alpha value is 0.150. The molecule has 3 aliphatic rings. The van der Waals surface area contributed by atoms with E-state index in [2.05, 4.69) is 0 Å². The third-order valence-electron chi connectivity index (χ3n) is 4.83. The van der Waals surface area contributed by atoms with Gasteiger partial charge in [0.05, 0.1) is 5.66 Å². The Bertz CT molecular complexity index is 298. The van der Waals surface area contributed by atoms with Gasteiger partial charge in [-0.2, -0.15) is 0 Å². The molecule has 0 aromatic rings. The first-order valence-corrected chi connectivity index (χ1v) is 7.31. The van der Waals surface area contributed by atoms with Crippen LogP contribution in [0.5, 0.6) is 0 Å². The molecular formula is C10H17O3P. The lowest BCUT2D eigenvalue weighted by Crippen LogP contribution is -2.28. The quantitative estimate of drug-likeness (QED) is 0.659. The van der Waals surface area contributed by atoms with Crippen molar-refractivity contribution in [2.75, 3.05) is 0 Å². The van der Waals surface area contributed by atoms with Crippen LogP contribution in [0.4, 0.5) is 0 Å². The van der Waals surface area contributed by atoms with E-state index in [-0.39, 0.29) is 5.66 Å². The highest BCUT2D eigenvalue weighted by atomic mass is 31.2. The molecule has 4 heteroatoms. The summed E-state index contributed by atoms with van der Waals surface area (Å²) in [5.74, 6) is 2.48. The lowest BCUT2D eigenvalue weighted by atomic mass is 9.81. The van der Waals surface area contributed by atoms with Crippen LogP contribution in [0, 0.1) is 23.7 Å². The van der Waals surface area contributed by atoms with Crippen molar-refractivity contribution in [1.82, 2.24) is 0 Å². The molecular weight excluding hydrogens is 199 g/mol. The maximum Gasteiger partial charge on any atom is 0.328 e. The second-order valence-corrected chi connectivity index (χ2v) is 7.15. The smallest absolute Gasteiger partial charge is 0.324 e. The van der Waals surface area contributed by atoms with Crippen molar-refractivity contribution in [2.24, 2.45) is 23.7 Å². The molecule has 0 amide bonds. The largest absolute Gasteiger partial charge is 0.328 e. The monoisotopic (exact) mass is 216 g/mol. The van der Waals surface area contributed by atoms with Crippen molar-refractivity contribution in [3.8, 4) is 0 Å². The summed E-state index contributed by atoms with van der Waals surface area (Å²) in [7, 11) is -3.80. The van der Waals surface area contributed by atoms with Crippen LogP contribution in [0.25, 0.3) is 0 Å². The van der Waals surface area contributed by atoms with E-state index in [0.717, 1.165) is 18.8 Å². The van der Waals surface area contributed by atoms with Gasteiger partial charge in [-0.1, -0.05) is 6.42 Å². The fourth-order valence-electron chi connectivity index (χ4n) is 4.42. The summed E-state index contributed by atoms with van der Waals surface area (Å²) in [5.41, 5.74) is -0.285. The summed E-state index contributed by atoms with van der Waals surface area (Å²) >= 11 is 0. The fraction of sp³-hybridized carbons (Fsp3) is 1.00. The Labute approximate surface area is 84.1 Å². The first-order chi connectivity index (χ1) is 6.57.